The van der Waals surface area contributed by atoms with Crippen LogP contribution in [0.15, 0.2) is 101 Å². The van der Waals surface area contributed by atoms with Crippen molar-refractivity contribution in [3.8, 4) is 11.5 Å². The Morgan fingerprint density at radius 1 is 0.875 bits per heavy atom. The molecule has 208 valence electrons. The van der Waals surface area contributed by atoms with Crippen molar-refractivity contribution in [1.82, 2.24) is 9.55 Å². The second-order valence-corrected chi connectivity index (χ2v) is 9.33. The van der Waals surface area contributed by atoms with E-state index in [-0.39, 0.29) is 6.61 Å². The summed E-state index contributed by atoms with van der Waals surface area (Å²) >= 11 is 0. The van der Waals surface area contributed by atoms with Crippen molar-refractivity contribution in [2.75, 3.05) is 20.8 Å². The molecule has 40 heavy (non-hydrogen) atoms. The van der Waals surface area contributed by atoms with E-state index in [0.717, 1.165) is 33.5 Å². The molecule has 0 bridgehead atoms. The Morgan fingerprint density at radius 3 is 1.95 bits per heavy atom. The van der Waals surface area contributed by atoms with Crippen LogP contribution in [0.4, 0.5) is 4.39 Å². The van der Waals surface area contributed by atoms with E-state index in [9.17, 15) is 14.7 Å². The molecule has 2 heterocycles. The fraction of sp³-hybridized carbons (Fsp3) is 0.267. The minimum absolute atomic E-state index is 0.233. The number of alkyl halides is 1. The standard InChI is InChI=1S/C30H29FN2O7/c1-37-22-12-8-20(9-13-22)30(19-6-4-3-5-7-19,21-10-14-23(38-2)15-11-21)39-18-24-27(35)26(31)28(40-24)33-17-16-25(34)32-29(33)36/h3-17,24,26-28,35H,18H2,1-2H3,(H,32,34,36)/t24-,26-,27-,28-/m1/s1. The Labute approximate surface area is 229 Å². The van der Waals surface area contributed by atoms with E-state index in [2.05, 4.69) is 4.98 Å². The number of aromatic nitrogens is 2. The van der Waals surface area contributed by atoms with Crippen molar-refractivity contribution < 1.29 is 28.4 Å². The van der Waals surface area contributed by atoms with Gasteiger partial charge in [0.1, 0.15) is 29.3 Å². The van der Waals surface area contributed by atoms with Crippen molar-refractivity contribution in [2.45, 2.75) is 30.2 Å². The highest BCUT2D eigenvalue weighted by Gasteiger charge is 2.47. The van der Waals surface area contributed by atoms with Gasteiger partial charge in [0, 0.05) is 12.3 Å². The highest BCUT2D eigenvalue weighted by Crippen LogP contribution is 2.43. The van der Waals surface area contributed by atoms with Gasteiger partial charge in [0.15, 0.2) is 12.4 Å². The molecular formula is C30H29FN2O7. The highest BCUT2D eigenvalue weighted by atomic mass is 19.1. The van der Waals surface area contributed by atoms with E-state index in [1.54, 1.807) is 14.2 Å². The van der Waals surface area contributed by atoms with Crippen molar-refractivity contribution in [1.29, 1.82) is 0 Å². The summed E-state index contributed by atoms with van der Waals surface area (Å²) in [6.45, 7) is -0.233. The largest absolute Gasteiger partial charge is 0.497 e. The summed E-state index contributed by atoms with van der Waals surface area (Å²) in [6.07, 6.45) is -4.97. The first-order valence-electron chi connectivity index (χ1n) is 12.6. The number of ether oxygens (including phenoxy) is 4. The molecule has 5 rings (SSSR count). The molecule has 0 amide bonds. The van der Waals surface area contributed by atoms with Gasteiger partial charge in [-0.15, -0.1) is 0 Å². The van der Waals surface area contributed by atoms with Crippen LogP contribution in [0, 0.1) is 0 Å². The molecule has 0 spiro atoms. The van der Waals surface area contributed by atoms with Gasteiger partial charge in [0.2, 0.25) is 0 Å². The van der Waals surface area contributed by atoms with Gasteiger partial charge >= 0.3 is 5.69 Å². The zero-order chi connectivity index (χ0) is 28.3. The lowest BCUT2D eigenvalue weighted by atomic mass is 9.80. The highest BCUT2D eigenvalue weighted by molar-refractivity contribution is 5.49. The van der Waals surface area contributed by atoms with E-state index < -0.39 is 41.5 Å². The first-order valence-corrected chi connectivity index (χ1v) is 12.6. The minimum Gasteiger partial charge on any atom is -0.497 e. The number of nitrogens with zero attached hydrogens (tertiary/aromatic N) is 1. The summed E-state index contributed by atoms with van der Waals surface area (Å²) in [5, 5.41) is 10.8. The number of aliphatic hydroxyl groups excluding tert-OH is 1. The fourth-order valence-electron chi connectivity index (χ4n) is 4.97. The van der Waals surface area contributed by atoms with Gasteiger partial charge in [-0.1, -0.05) is 54.6 Å². The molecule has 1 aromatic heterocycles. The molecule has 4 atom stereocenters. The van der Waals surface area contributed by atoms with Crippen molar-refractivity contribution in [2.24, 2.45) is 0 Å². The van der Waals surface area contributed by atoms with Crippen LogP contribution in [0.3, 0.4) is 0 Å². The number of nitrogens with one attached hydrogen (secondary N) is 1. The van der Waals surface area contributed by atoms with E-state index in [1.807, 2.05) is 78.9 Å². The van der Waals surface area contributed by atoms with Gasteiger partial charge in [0.05, 0.1) is 20.8 Å². The monoisotopic (exact) mass is 548 g/mol. The predicted molar refractivity (Wildman–Crippen MR) is 144 cm³/mol. The van der Waals surface area contributed by atoms with Gasteiger partial charge in [-0.3, -0.25) is 14.3 Å². The fourth-order valence-corrected chi connectivity index (χ4v) is 4.97. The predicted octanol–water partition coefficient (Wildman–Crippen LogP) is 3.16. The average Bonchev–Trinajstić information content (AvgIpc) is 3.27. The molecule has 9 nitrogen and oxygen atoms in total. The molecule has 0 saturated carbocycles. The summed E-state index contributed by atoms with van der Waals surface area (Å²) in [5.41, 5.74) is -0.389. The Kier molecular flexibility index (Phi) is 7.83. The van der Waals surface area contributed by atoms with E-state index in [1.165, 1.54) is 0 Å². The van der Waals surface area contributed by atoms with Crippen LogP contribution in [0.1, 0.15) is 22.9 Å². The van der Waals surface area contributed by atoms with E-state index in [0.29, 0.717) is 11.5 Å². The number of methoxy groups -OCH3 is 2. The van der Waals surface area contributed by atoms with E-state index >= 15 is 4.39 Å². The molecule has 0 unspecified atom stereocenters. The maximum atomic E-state index is 15.2. The molecule has 3 aromatic carbocycles. The zero-order valence-electron chi connectivity index (χ0n) is 21.9. The second-order valence-electron chi connectivity index (χ2n) is 9.33. The number of hydrogen-bond donors (Lipinski definition) is 2. The molecule has 10 heteroatoms. The summed E-state index contributed by atoms with van der Waals surface area (Å²) in [4.78, 5) is 25.8. The number of H-pyrrole nitrogens is 1. The molecule has 1 aliphatic rings. The van der Waals surface area contributed by atoms with Gasteiger partial charge < -0.3 is 24.1 Å². The van der Waals surface area contributed by atoms with E-state index in [4.69, 9.17) is 18.9 Å². The van der Waals surface area contributed by atoms with Gasteiger partial charge in [0.25, 0.3) is 5.56 Å². The van der Waals surface area contributed by atoms with Crippen LogP contribution >= 0.6 is 0 Å². The molecule has 4 aromatic rings. The summed E-state index contributed by atoms with van der Waals surface area (Å²) in [6, 6.07) is 25.4. The topological polar surface area (TPSA) is 112 Å². The van der Waals surface area contributed by atoms with Gasteiger partial charge in [-0.25, -0.2) is 9.18 Å². The second kappa shape index (κ2) is 11.5. The molecule has 0 aliphatic carbocycles. The zero-order valence-corrected chi connectivity index (χ0v) is 21.9. The van der Waals surface area contributed by atoms with Crippen LogP contribution in [0.5, 0.6) is 11.5 Å². The maximum Gasteiger partial charge on any atom is 0.330 e. The number of aliphatic hydroxyl groups is 1. The quantitative estimate of drug-likeness (QED) is 0.309. The lowest BCUT2D eigenvalue weighted by Gasteiger charge is -2.37. The molecule has 1 aliphatic heterocycles. The smallest absolute Gasteiger partial charge is 0.330 e. The number of hydrogen-bond acceptors (Lipinski definition) is 7. The van der Waals surface area contributed by atoms with Gasteiger partial charge in [-0.2, -0.15) is 0 Å². The first kappa shape index (κ1) is 27.3. The van der Waals surface area contributed by atoms with Crippen LogP contribution in [0.25, 0.3) is 0 Å². The molecular weight excluding hydrogens is 519 g/mol. The third kappa shape index (κ3) is 5.04. The number of aromatic amines is 1. The molecule has 0 radical (unpaired) electrons. The lowest BCUT2D eigenvalue weighted by molar-refractivity contribution is -0.0950. The Hall–Kier alpha value is -4.25. The Bertz CT molecular complexity index is 1490. The minimum atomic E-state index is -1.94. The van der Waals surface area contributed by atoms with Crippen molar-refractivity contribution in [3.05, 3.63) is 129 Å². The number of benzene rings is 3. The van der Waals surface area contributed by atoms with Crippen molar-refractivity contribution in [3.63, 3.8) is 0 Å². The van der Waals surface area contributed by atoms with Gasteiger partial charge in [-0.05, 0) is 41.0 Å². The maximum absolute atomic E-state index is 15.2. The Morgan fingerprint density at radius 2 is 1.43 bits per heavy atom. The third-order valence-corrected chi connectivity index (χ3v) is 7.06. The summed E-state index contributed by atoms with van der Waals surface area (Å²) in [5.74, 6) is 1.31. The lowest BCUT2D eigenvalue weighted by Crippen LogP contribution is -2.39. The van der Waals surface area contributed by atoms with Crippen LogP contribution in [0.2, 0.25) is 0 Å². The average molecular weight is 549 g/mol. The van der Waals surface area contributed by atoms with Crippen LogP contribution in [-0.4, -0.2) is 53.9 Å². The molecule has 1 fully saturated rings. The summed E-state index contributed by atoms with van der Waals surface area (Å²) < 4.78 is 39.4. The third-order valence-electron chi connectivity index (χ3n) is 7.06. The van der Waals surface area contributed by atoms with Crippen LogP contribution < -0.4 is 20.7 Å². The number of halogens is 1. The SMILES string of the molecule is COc1ccc(C(OC[C@H]2O[C@@H](n3ccc(=O)[nH]c3=O)[C@H](F)[C@@H]2O)(c2ccccc2)c2ccc(OC)cc2)cc1. The molecule has 1 saturated heterocycles. The normalized spacial score (nSPS) is 20.8. The summed E-state index contributed by atoms with van der Waals surface area (Å²) in [7, 11) is 3.16. The van der Waals surface area contributed by atoms with Crippen LogP contribution in [-0.2, 0) is 15.1 Å². The molecule has 2 N–H and O–H groups in total. The van der Waals surface area contributed by atoms with Crippen molar-refractivity contribution >= 4 is 0 Å². The number of rotatable bonds is 9. The Balaban J connectivity index is 1.56. The first-order chi connectivity index (χ1) is 19.4.